The van der Waals surface area contributed by atoms with Crippen molar-refractivity contribution in [1.82, 2.24) is 10.6 Å². The van der Waals surface area contributed by atoms with Gasteiger partial charge in [0.2, 0.25) is 5.91 Å². The molecule has 2 N–H and O–H groups in total. The number of methoxy groups -OCH3 is 1. The number of amides is 1. The normalized spacial score (nSPS) is 11.9. The van der Waals surface area contributed by atoms with Gasteiger partial charge in [-0.15, -0.1) is 0 Å². The van der Waals surface area contributed by atoms with Crippen LogP contribution in [0.2, 0.25) is 0 Å². The number of nitrogens with one attached hydrogen (secondary N) is 2. The van der Waals surface area contributed by atoms with Gasteiger partial charge in [-0.2, -0.15) is 0 Å². The molecule has 19 heavy (non-hydrogen) atoms. The lowest BCUT2D eigenvalue weighted by Crippen LogP contribution is -2.35. The van der Waals surface area contributed by atoms with Gasteiger partial charge in [-0.3, -0.25) is 4.79 Å². The predicted octanol–water partition coefficient (Wildman–Crippen LogP) is 2.26. The Morgan fingerprint density at radius 2 is 2.00 bits per heavy atom. The highest BCUT2D eigenvalue weighted by atomic mass is 16.5. The molecule has 1 aromatic carbocycles. The summed E-state index contributed by atoms with van der Waals surface area (Å²) in [5, 5.41) is 6.10. The highest BCUT2D eigenvalue weighted by Gasteiger charge is 2.07. The number of unbranched alkanes of at least 4 members (excludes halogenated alkanes) is 1. The molecule has 0 radical (unpaired) electrons. The van der Waals surface area contributed by atoms with Crippen LogP contribution < -0.4 is 15.4 Å². The summed E-state index contributed by atoms with van der Waals surface area (Å²) < 4.78 is 5.12. The topological polar surface area (TPSA) is 50.4 Å². The molecule has 0 saturated heterocycles. The van der Waals surface area contributed by atoms with E-state index in [0.29, 0.717) is 6.54 Å². The van der Waals surface area contributed by atoms with E-state index in [9.17, 15) is 4.79 Å². The Balaban J connectivity index is 2.33. The highest BCUT2D eigenvalue weighted by molar-refractivity contribution is 5.77. The molecule has 0 heterocycles. The minimum Gasteiger partial charge on any atom is -0.497 e. The number of hydrogen-bond acceptors (Lipinski definition) is 3. The van der Waals surface area contributed by atoms with Gasteiger partial charge in [-0.05, 0) is 31.0 Å². The van der Waals surface area contributed by atoms with E-state index in [0.717, 1.165) is 30.7 Å². The quantitative estimate of drug-likeness (QED) is 0.708. The summed E-state index contributed by atoms with van der Waals surface area (Å²) >= 11 is 0. The fraction of sp³-hybridized carbons (Fsp3) is 0.533. The largest absolute Gasteiger partial charge is 0.497 e. The van der Waals surface area contributed by atoms with E-state index >= 15 is 0 Å². The predicted molar refractivity (Wildman–Crippen MR) is 77.3 cm³/mol. The van der Waals surface area contributed by atoms with Crippen LogP contribution in [0, 0.1) is 0 Å². The van der Waals surface area contributed by atoms with Crippen molar-refractivity contribution in [2.24, 2.45) is 0 Å². The van der Waals surface area contributed by atoms with E-state index in [1.165, 1.54) is 0 Å². The van der Waals surface area contributed by atoms with Gasteiger partial charge in [0, 0.05) is 12.6 Å². The van der Waals surface area contributed by atoms with Crippen LogP contribution in [0.15, 0.2) is 24.3 Å². The first kappa shape index (κ1) is 15.5. The third kappa shape index (κ3) is 5.75. The van der Waals surface area contributed by atoms with Crippen molar-refractivity contribution in [1.29, 1.82) is 0 Å². The standard InChI is InChI=1S/C15H24N2O2/c1-4-5-10-16-15(18)11-17-12(2)13-6-8-14(19-3)9-7-13/h6-9,12,17H,4-5,10-11H2,1-3H3,(H,16,18)/t12-/m0/s1. The van der Waals surface area contributed by atoms with Crippen molar-refractivity contribution in [2.75, 3.05) is 20.2 Å². The summed E-state index contributed by atoms with van der Waals surface area (Å²) in [6.07, 6.45) is 2.12. The molecule has 0 aliphatic carbocycles. The number of carbonyl (C=O) groups is 1. The molecule has 0 fully saturated rings. The van der Waals surface area contributed by atoms with Crippen LogP contribution in [0.1, 0.15) is 38.3 Å². The minimum atomic E-state index is 0.0498. The first-order valence-electron chi connectivity index (χ1n) is 6.81. The van der Waals surface area contributed by atoms with Gasteiger partial charge in [0.15, 0.2) is 0 Å². The van der Waals surface area contributed by atoms with Crippen LogP contribution in [-0.2, 0) is 4.79 Å². The van der Waals surface area contributed by atoms with Crippen molar-refractivity contribution < 1.29 is 9.53 Å². The van der Waals surface area contributed by atoms with Gasteiger partial charge in [-0.25, -0.2) is 0 Å². The van der Waals surface area contributed by atoms with Gasteiger partial charge in [-0.1, -0.05) is 25.5 Å². The van der Waals surface area contributed by atoms with E-state index in [-0.39, 0.29) is 11.9 Å². The minimum absolute atomic E-state index is 0.0498. The Morgan fingerprint density at radius 1 is 1.32 bits per heavy atom. The van der Waals surface area contributed by atoms with E-state index in [1.54, 1.807) is 7.11 Å². The Kier molecular flexibility index (Phi) is 6.97. The van der Waals surface area contributed by atoms with Gasteiger partial charge >= 0.3 is 0 Å². The lowest BCUT2D eigenvalue weighted by Gasteiger charge is -2.14. The Morgan fingerprint density at radius 3 is 2.58 bits per heavy atom. The summed E-state index contributed by atoms with van der Waals surface area (Å²) in [5.41, 5.74) is 1.14. The Bertz CT molecular complexity index is 376. The second kappa shape index (κ2) is 8.53. The second-order valence-electron chi connectivity index (χ2n) is 4.58. The zero-order valence-corrected chi connectivity index (χ0v) is 12.0. The van der Waals surface area contributed by atoms with E-state index in [2.05, 4.69) is 17.6 Å². The third-order valence-corrected chi connectivity index (χ3v) is 3.04. The van der Waals surface area contributed by atoms with Crippen molar-refractivity contribution in [3.63, 3.8) is 0 Å². The van der Waals surface area contributed by atoms with E-state index in [1.807, 2.05) is 31.2 Å². The molecule has 4 nitrogen and oxygen atoms in total. The molecule has 0 bridgehead atoms. The van der Waals surface area contributed by atoms with Gasteiger partial charge in [0.25, 0.3) is 0 Å². The molecule has 1 atom stereocenters. The molecular weight excluding hydrogens is 240 g/mol. The first-order chi connectivity index (χ1) is 9.17. The van der Waals surface area contributed by atoms with Crippen LogP contribution in [0.25, 0.3) is 0 Å². The molecule has 1 amide bonds. The average Bonchev–Trinajstić information content (AvgIpc) is 2.45. The summed E-state index contributed by atoms with van der Waals surface area (Å²) in [4.78, 5) is 11.6. The zero-order chi connectivity index (χ0) is 14.1. The molecule has 0 saturated carbocycles. The number of ether oxygens (including phenoxy) is 1. The maximum absolute atomic E-state index is 11.6. The molecule has 1 rings (SSSR count). The number of rotatable bonds is 8. The fourth-order valence-electron chi connectivity index (χ4n) is 1.72. The lowest BCUT2D eigenvalue weighted by atomic mass is 10.1. The zero-order valence-electron chi connectivity index (χ0n) is 12.0. The molecule has 1 aromatic rings. The summed E-state index contributed by atoms with van der Waals surface area (Å²) in [6, 6.07) is 8.00. The van der Waals surface area contributed by atoms with E-state index in [4.69, 9.17) is 4.74 Å². The smallest absolute Gasteiger partial charge is 0.233 e. The van der Waals surface area contributed by atoms with Gasteiger partial charge < -0.3 is 15.4 Å². The van der Waals surface area contributed by atoms with Gasteiger partial charge in [0.05, 0.1) is 13.7 Å². The molecule has 4 heteroatoms. The molecule has 0 unspecified atom stereocenters. The average molecular weight is 264 g/mol. The summed E-state index contributed by atoms with van der Waals surface area (Å²) in [6.45, 7) is 5.25. The lowest BCUT2D eigenvalue weighted by molar-refractivity contribution is -0.120. The highest BCUT2D eigenvalue weighted by Crippen LogP contribution is 2.16. The van der Waals surface area contributed by atoms with Crippen LogP contribution in [0.3, 0.4) is 0 Å². The summed E-state index contributed by atoms with van der Waals surface area (Å²) in [5.74, 6) is 0.891. The molecule has 0 aliphatic heterocycles. The molecular formula is C15H24N2O2. The van der Waals surface area contributed by atoms with Crippen LogP contribution in [0.4, 0.5) is 0 Å². The number of hydrogen-bond donors (Lipinski definition) is 2. The van der Waals surface area contributed by atoms with Crippen molar-refractivity contribution >= 4 is 5.91 Å². The molecule has 0 aromatic heterocycles. The van der Waals surface area contributed by atoms with Crippen molar-refractivity contribution in [3.8, 4) is 5.75 Å². The maximum atomic E-state index is 11.6. The van der Waals surface area contributed by atoms with Crippen molar-refractivity contribution in [2.45, 2.75) is 32.7 Å². The van der Waals surface area contributed by atoms with E-state index < -0.39 is 0 Å². The fourth-order valence-corrected chi connectivity index (χ4v) is 1.72. The summed E-state index contributed by atoms with van der Waals surface area (Å²) in [7, 11) is 1.65. The Hall–Kier alpha value is -1.55. The van der Waals surface area contributed by atoms with Gasteiger partial charge in [0.1, 0.15) is 5.75 Å². The van der Waals surface area contributed by atoms with Crippen LogP contribution >= 0.6 is 0 Å². The second-order valence-corrected chi connectivity index (χ2v) is 4.58. The third-order valence-electron chi connectivity index (χ3n) is 3.04. The Labute approximate surface area is 115 Å². The number of carbonyl (C=O) groups excluding carboxylic acids is 1. The molecule has 106 valence electrons. The SMILES string of the molecule is CCCCNC(=O)CN[C@@H](C)c1ccc(OC)cc1. The number of benzene rings is 1. The monoisotopic (exact) mass is 264 g/mol. The van der Waals surface area contributed by atoms with Crippen molar-refractivity contribution in [3.05, 3.63) is 29.8 Å². The van der Waals surface area contributed by atoms with Crippen LogP contribution in [0.5, 0.6) is 5.75 Å². The van der Waals surface area contributed by atoms with Crippen LogP contribution in [-0.4, -0.2) is 26.1 Å². The first-order valence-corrected chi connectivity index (χ1v) is 6.81. The maximum Gasteiger partial charge on any atom is 0.233 e. The molecule has 0 aliphatic rings. The molecule has 0 spiro atoms.